The smallest absolute Gasteiger partial charge is 0.378 e. The quantitative estimate of drug-likeness (QED) is 0.605. The highest BCUT2D eigenvalue weighted by Gasteiger charge is 2.38. The molecular weight excluding hydrogens is 373 g/mol. The van der Waals surface area contributed by atoms with E-state index in [1.165, 1.54) is 24.3 Å². The first-order valence-electron chi connectivity index (χ1n) is 8.18. The van der Waals surface area contributed by atoms with Crippen molar-refractivity contribution in [1.82, 2.24) is 5.43 Å². The maximum Gasteiger partial charge on any atom is 0.471 e. The molecule has 2 aromatic rings. The van der Waals surface area contributed by atoms with E-state index in [0.29, 0.717) is 16.8 Å². The van der Waals surface area contributed by atoms with Crippen LogP contribution >= 0.6 is 0 Å². The Hall–Kier alpha value is -3.36. The van der Waals surface area contributed by atoms with Crippen molar-refractivity contribution in [3.8, 4) is 0 Å². The van der Waals surface area contributed by atoms with E-state index in [-0.39, 0.29) is 5.69 Å². The first kappa shape index (κ1) is 20.9. The maximum atomic E-state index is 12.2. The molecule has 148 valence electrons. The molecule has 0 fully saturated rings. The molecule has 0 radical (unpaired) electrons. The summed E-state index contributed by atoms with van der Waals surface area (Å²) in [6, 6.07) is 12.6. The highest BCUT2D eigenvalue weighted by molar-refractivity contribution is 6.01. The Morgan fingerprint density at radius 2 is 1.46 bits per heavy atom. The number of carbonyl (C=O) groups is 2. The van der Waals surface area contributed by atoms with Gasteiger partial charge in [0.25, 0.3) is 5.91 Å². The number of nitrogens with zero attached hydrogens (tertiary/aromatic N) is 2. The van der Waals surface area contributed by atoms with Crippen LogP contribution in [-0.2, 0) is 4.79 Å². The first-order valence-corrected chi connectivity index (χ1v) is 8.18. The number of benzene rings is 2. The van der Waals surface area contributed by atoms with Gasteiger partial charge in [-0.2, -0.15) is 18.3 Å². The second-order valence-electron chi connectivity index (χ2n) is 6.11. The number of alkyl halides is 3. The lowest BCUT2D eigenvalue weighted by Crippen LogP contribution is -2.29. The van der Waals surface area contributed by atoms with Gasteiger partial charge in [-0.1, -0.05) is 12.1 Å². The Morgan fingerprint density at radius 3 is 1.96 bits per heavy atom. The van der Waals surface area contributed by atoms with Gasteiger partial charge in [0, 0.05) is 31.0 Å². The minimum Gasteiger partial charge on any atom is -0.378 e. The SMILES string of the molecule is CC(=NNC(=O)c1ccc(N(C)C)cc1)c1ccc(NC(=O)C(F)(F)F)cc1. The summed E-state index contributed by atoms with van der Waals surface area (Å²) in [6.45, 7) is 1.64. The third kappa shape index (κ3) is 5.57. The molecule has 0 saturated heterocycles. The fourth-order valence-corrected chi connectivity index (χ4v) is 2.17. The Bertz CT molecular complexity index is 874. The molecule has 2 amide bonds. The van der Waals surface area contributed by atoms with Gasteiger partial charge in [-0.3, -0.25) is 9.59 Å². The van der Waals surface area contributed by atoms with Crippen molar-refractivity contribution in [1.29, 1.82) is 0 Å². The molecule has 0 spiro atoms. The molecule has 0 bridgehead atoms. The van der Waals surface area contributed by atoms with Gasteiger partial charge in [-0.15, -0.1) is 0 Å². The van der Waals surface area contributed by atoms with Gasteiger partial charge in [-0.05, 0) is 48.9 Å². The summed E-state index contributed by atoms with van der Waals surface area (Å²) in [5.41, 5.74) is 4.85. The molecule has 0 aliphatic rings. The molecule has 2 rings (SSSR count). The van der Waals surface area contributed by atoms with E-state index >= 15 is 0 Å². The molecule has 0 aliphatic carbocycles. The van der Waals surface area contributed by atoms with E-state index in [0.717, 1.165) is 5.69 Å². The molecule has 0 heterocycles. The molecule has 0 atom stereocenters. The largest absolute Gasteiger partial charge is 0.471 e. The van der Waals surface area contributed by atoms with Crippen LogP contribution in [0.15, 0.2) is 53.6 Å². The third-order valence-corrected chi connectivity index (χ3v) is 3.79. The predicted octanol–water partition coefficient (Wildman–Crippen LogP) is 3.41. The molecular formula is C19H19F3N4O2. The Kier molecular flexibility index (Phi) is 6.40. The van der Waals surface area contributed by atoms with Gasteiger partial charge in [0.15, 0.2) is 0 Å². The Balaban J connectivity index is 2.01. The summed E-state index contributed by atoms with van der Waals surface area (Å²) < 4.78 is 36.7. The molecule has 0 saturated carbocycles. The second kappa shape index (κ2) is 8.55. The molecule has 0 unspecified atom stereocenters. The lowest BCUT2D eigenvalue weighted by atomic mass is 10.1. The number of carbonyl (C=O) groups excluding carboxylic acids is 2. The van der Waals surface area contributed by atoms with Crippen LogP contribution in [0.1, 0.15) is 22.8 Å². The average Bonchev–Trinajstić information content (AvgIpc) is 2.65. The van der Waals surface area contributed by atoms with E-state index in [2.05, 4.69) is 10.5 Å². The van der Waals surface area contributed by atoms with Crippen LogP contribution in [0.25, 0.3) is 0 Å². The molecule has 28 heavy (non-hydrogen) atoms. The highest BCUT2D eigenvalue weighted by Crippen LogP contribution is 2.18. The number of rotatable bonds is 5. The number of anilines is 2. The van der Waals surface area contributed by atoms with Crippen molar-refractivity contribution in [3.63, 3.8) is 0 Å². The van der Waals surface area contributed by atoms with Crippen LogP contribution < -0.4 is 15.6 Å². The Morgan fingerprint density at radius 1 is 0.929 bits per heavy atom. The normalized spacial score (nSPS) is 11.7. The minimum absolute atomic E-state index is 0.00360. The second-order valence-corrected chi connectivity index (χ2v) is 6.11. The van der Waals surface area contributed by atoms with Crippen molar-refractivity contribution in [2.24, 2.45) is 5.10 Å². The molecule has 0 aliphatic heterocycles. The van der Waals surface area contributed by atoms with E-state index in [1.807, 2.05) is 19.0 Å². The minimum atomic E-state index is -4.95. The zero-order valence-electron chi connectivity index (χ0n) is 15.5. The van der Waals surface area contributed by atoms with Gasteiger partial charge in [0.1, 0.15) is 0 Å². The summed E-state index contributed by atoms with van der Waals surface area (Å²) in [5, 5.41) is 5.75. The maximum absolute atomic E-state index is 12.2. The Labute approximate surface area is 160 Å². The molecule has 6 nitrogen and oxygen atoms in total. The van der Waals surface area contributed by atoms with Gasteiger partial charge >= 0.3 is 12.1 Å². The highest BCUT2D eigenvalue weighted by atomic mass is 19.4. The van der Waals surface area contributed by atoms with Crippen molar-refractivity contribution in [2.75, 3.05) is 24.3 Å². The van der Waals surface area contributed by atoms with E-state index in [4.69, 9.17) is 0 Å². The number of amides is 2. The van der Waals surface area contributed by atoms with Crippen LogP contribution in [0.5, 0.6) is 0 Å². The van der Waals surface area contributed by atoms with E-state index in [1.54, 1.807) is 36.5 Å². The predicted molar refractivity (Wildman–Crippen MR) is 102 cm³/mol. The van der Waals surface area contributed by atoms with Gasteiger partial charge in [-0.25, -0.2) is 5.43 Å². The van der Waals surface area contributed by atoms with Crippen LogP contribution in [0.3, 0.4) is 0 Å². The third-order valence-electron chi connectivity index (χ3n) is 3.79. The molecule has 2 aromatic carbocycles. The number of hydrogen-bond donors (Lipinski definition) is 2. The van der Waals surface area contributed by atoms with Gasteiger partial charge in [0.05, 0.1) is 5.71 Å². The summed E-state index contributed by atoms with van der Waals surface area (Å²) in [6.07, 6.45) is -4.95. The average molecular weight is 392 g/mol. The van der Waals surface area contributed by atoms with Crippen LogP contribution in [0, 0.1) is 0 Å². The van der Waals surface area contributed by atoms with E-state index in [9.17, 15) is 22.8 Å². The topological polar surface area (TPSA) is 73.8 Å². The van der Waals surface area contributed by atoms with Crippen LogP contribution in [0.4, 0.5) is 24.5 Å². The van der Waals surface area contributed by atoms with Crippen molar-refractivity contribution >= 4 is 28.9 Å². The van der Waals surface area contributed by atoms with Crippen molar-refractivity contribution in [3.05, 3.63) is 59.7 Å². The first-order chi connectivity index (χ1) is 13.1. The summed E-state index contributed by atoms with van der Waals surface area (Å²) in [7, 11) is 3.78. The van der Waals surface area contributed by atoms with Gasteiger partial charge < -0.3 is 10.2 Å². The molecule has 9 heteroatoms. The molecule has 0 aromatic heterocycles. The van der Waals surface area contributed by atoms with Gasteiger partial charge in [0.2, 0.25) is 0 Å². The lowest BCUT2D eigenvalue weighted by Gasteiger charge is -2.12. The number of hydrazone groups is 1. The van der Waals surface area contributed by atoms with Crippen molar-refractivity contribution < 1.29 is 22.8 Å². The zero-order chi connectivity index (χ0) is 20.9. The number of halogens is 3. The summed E-state index contributed by atoms with van der Waals surface area (Å²) >= 11 is 0. The van der Waals surface area contributed by atoms with Crippen LogP contribution in [0.2, 0.25) is 0 Å². The van der Waals surface area contributed by atoms with Crippen LogP contribution in [-0.4, -0.2) is 37.8 Å². The fourth-order valence-electron chi connectivity index (χ4n) is 2.17. The monoisotopic (exact) mass is 392 g/mol. The number of hydrogen-bond acceptors (Lipinski definition) is 4. The lowest BCUT2D eigenvalue weighted by molar-refractivity contribution is -0.167. The summed E-state index contributed by atoms with van der Waals surface area (Å²) in [4.78, 5) is 25.0. The standard InChI is InChI=1S/C19H19F3N4O2/c1-12(13-4-8-15(9-5-13)23-18(28)19(20,21)22)24-25-17(27)14-6-10-16(11-7-14)26(2)3/h4-11H,1-3H3,(H,23,28)(H,25,27). The fraction of sp³-hybridized carbons (Fsp3) is 0.211. The molecule has 2 N–H and O–H groups in total. The zero-order valence-corrected chi connectivity index (χ0v) is 15.5. The van der Waals surface area contributed by atoms with E-state index < -0.39 is 18.0 Å². The number of nitrogens with one attached hydrogen (secondary N) is 2. The van der Waals surface area contributed by atoms with Crippen molar-refractivity contribution in [2.45, 2.75) is 13.1 Å². The summed E-state index contributed by atoms with van der Waals surface area (Å²) in [5.74, 6) is -2.43.